The van der Waals surface area contributed by atoms with E-state index < -0.39 is 0 Å². The van der Waals surface area contributed by atoms with E-state index in [0.29, 0.717) is 17.0 Å². The maximum atomic E-state index is 12.6. The van der Waals surface area contributed by atoms with E-state index in [4.69, 9.17) is 4.74 Å². The topological polar surface area (TPSA) is 39.2 Å². The van der Waals surface area contributed by atoms with Crippen molar-refractivity contribution in [2.24, 2.45) is 0 Å². The molecule has 0 N–H and O–H groups in total. The highest BCUT2D eigenvalue weighted by molar-refractivity contribution is 6.11. The second-order valence-corrected chi connectivity index (χ2v) is 4.64. The molecule has 3 nitrogen and oxygen atoms in total. The van der Waals surface area contributed by atoms with Gasteiger partial charge in [0.2, 0.25) is 5.88 Å². The average molecular weight is 255 g/mol. The average Bonchev–Trinajstić information content (AvgIpc) is 2.42. The standard InChI is InChI=1S/C16H17NO2/c1-10-8-12(3)14(9-11(10)2)15(18)13-6-5-7-17-16(13)19-4/h5-9H,1-4H3. The summed E-state index contributed by atoms with van der Waals surface area (Å²) in [7, 11) is 1.52. The number of ether oxygens (including phenoxy) is 1. The van der Waals surface area contributed by atoms with Crippen LogP contribution in [0.15, 0.2) is 30.5 Å². The number of aromatic nitrogens is 1. The van der Waals surface area contributed by atoms with Crippen molar-refractivity contribution in [3.8, 4) is 5.88 Å². The van der Waals surface area contributed by atoms with Crippen LogP contribution in [0.3, 0.4) is 0 Å². The van der Waals surface area contributed by atoms with Crippen molar-refractivity contribution in [3.05, 3.63) is 58.3 Å². The summed E-state index contributed by atoms with van der Waals surface area (Å²) in [6.07, 6.45) is 1.61. The molecule has 0 saturated carbocycles. The van der Waals surface area contributed by atoms with Crippen molar-refractivity contribution in [1.29, 1.82) is 0 Å². The number of methoxy groups -OCH3 is 1. The fourth-order valence-corrected chi connectivity index (χ4v) is 2.08. The van der Waals surface area contributed by atoms with Crippen LogP contribution in [0.4, 0.5) is 0 Å². The van der Waals surface area contributed by atoms with E-state index in [1.165, 1.54) is 12.7 Å². The van der Waals surface area contributed by atoms with Gasteiger partial charge in [-0.2, -0.15) is 0 Å². The van der Waals surface area contributed by atoms with Gasteiger partial charge in [0.25, 0.3) is 0 Å². The molecule has 98 valence electrons. The first-order valence-corrected chi connectivity index (χ1v) is 6.16. The number of benzene rings is 1. The molecular formula is C16H17NO2. The second kappa shape index (κ2) is 5.22. The van der Waals surface area contributed by atoms with Crippen molar-refractivity contribution in [1.82, 2.24) is 4.98 Å². The molecule has 3 heteroatoms. The Morgan fingerprint density at radius 2 is 1.74 bits per heavy atom. The molecule has 0 aliphatic heterocycles. The van der Waals surface area contributed by atoms with Gasteiger partial charge in [-0.1, -0.05) is 6.07 Å². The Morgan fingerprint density at radius 1 is 1.05 bits per heavy atom. The van der Waals surface area contributed by atoms with Crippen LogP contribution in [0.1, 0.15) is 32.6 Å². The van der Waals surface area contributed by atoms with Gasteiger partial charge < -0.3 is 4.74 Å². The molecule has 0 spiro atoms. The second-order valence-electron chi connectivity index (χ2n) is 4.64. The van der Waals surface area contributed by atoms with E-state index in [-0.39, 0.29) is 5.78 Å². The molecule has 2 rings (SSSR count). The van der Waals surface area contributed by atoms with Crippen molar-refractivity contribution in [2.75, 3.05) is 7.11 Å². The molecule has 0 unspecified atom stereocenters. The molecule has 1 aromatic heterocycles. The van der Waals surface area contributed by atoms with Crippen LogP contribution in [-0.4, -0.2) is 17.9 Å². The number of carbonyl (C=O) groups excluding carboxylic acids is 1. The molecule has 1 aromatic carbocycles. The molecule has 0 aliphatic rings. The number of hydrogen-bond donors (Lipinski definition) is 0. The predicted molar refractivity (Wildman–Crippen MR) is 74.9 cm³/mol. The fraction of sp³-hybridized carbons (Fsp3) is 0.250. The number of rotatable bonds is 3. The first kappa shape index (κ1) is 13.3. The third-order valence-electron chi connectivity index (χ3n) is 3.29. The smallest absolute Gasteiger partial charge is 0.224 e. The molecule has 19 heavy (non-hydrogen) atoms. The lowest BCUT2D eigenvalue weighted by molar-refractivity contribution is 0.103. The SMILES string of the molecule is COc1ncccc1C(=O)c1cc(C)c(C)cc1C. The zero-order valence-corrected chi connectivity index (χ0v) is 11.7. The van der Waals surface area contributed by atoms with Crippen molar-refractivity contribution < 1.29 is 9.53 Å². The first-order chi connectivity index (χ1) is 9.04. The zero-order chi connectivity index (χ0) is 14.0. The van der Waals surface area contributed by atoms with Crippen molar-refractivity contribution in [3.63, 3.8) is 0 Å². The lowest BCUT2D eigenvalue weighted by atomic mass is 9.95. The summed E-state index contributed by atoms with van der Waals surface area (Å²) in [6.45, 7) is 6.00. The van der Waals surface area contributed by atoms with Gasteiger partial charge in [0, 0.05) is 11.8 Å². The maximum absolute atomic E-state index is 12.6. The maximum Gasteiger partial charge on any atom is 0.224 e. The van der Waals surface area contributed by atoms with Gasteiger partial charge in [0.05, 0.1) is 12.7 Å². The molecule has 0 saturated heterocycles. The van der Waals surface area contributed by atoms with Gasteiger partial charge in [0.15, 0.2) is 5.78 Å². The molecule has 0 atom stereocenters. The number of nitrogens with zero attached hydrogens (tertiary/aromatic N) is 1. The number of ketones is 1. The largest absolute Gasteiger partial charge is 0.480 e. The summed E-state index contributed by atoms with van der Waals surface area (Å²) in [5, 5.41) is 0. The summed E-state index contributed by atoms with van der Waals surface area (Å²) in [5.74, 6) is 0.315. The van der Waals surface area contributed by atoms with Gasteiger partial charge >= 0.3 is 0 Å². The van der Waals surface area contributed by atoms with E-state index in [0.717, 1.165) is 11.1 Å². The van der Waals surface area contributed by atoms with Gasteiger partial charge in [-0.15, -0.1) is 0 Å². The Balaban J connectivity index is 2.53. The van der Waals surface area contributed by atoms with Crippen molar-refractivity contribution >= 4 is 5.78 Å². The predicted octanol–water partition coefficient (Wildman–Crippen LogP) is 3.25. The van der Waals surface area contributed by atoms with Crippen LogP contribution in [0.2, 0.25) is 0 Å². The molecule has 0 bridgehead atoms. The van der Waals surface area contributed by atoms with E-state index in [1.54, 1.807) is 18.3 Å². The van der Waals surface area contributed by atoms with E-state index in [2.05, 4.69) is 4.98 Å². The summed E-state index contributed by atoms with van der Waals surface area (Å²) in [5.41, 5.74) is 4.47. The molecule has 2 aromatic rings. The van der Waals surface area contributed by atoms with Crippen LogP contribution in [0.25, 0.3) is 0 Å². The minimum atomic E-state index is -0.0504. The molecule has 0 amide bonds. The lowest BCUT2D eigenvalue weighted by Gasteiger charge is -2.10. The van der Waals surface area contributed by atoms with Crippen LogP contribution in [-0.2, 0) is 0 Å². The third-order valence-corrected chi connectivity index (χ3v) is 3.29. The number of pyridine rings is 1. The van der Waals surface area contributed by atoms with Gasteiger partial charge in [-0.25, -0.2) is 4.98 Å². The monoisotopic (exact) mass is 255 g/mol. The summed E-state index contributed by atoms with van der Waals surface area (Å²) in [6, 6.07) is 7.44. The number of aryl methyl sites for hydroxylation is 3. The lowest BCUT2D eigenvalue weighted by Crippen LogP contribution is -2.07. The van der Waals surface area contributed by atoms with E-state index in [9.17, 15) is 4.79 Å². The Labute approximate surface area is 113 Å². The number of carbonyl (C=O) groups is 1. The van der Waals surface area contributed by atoms with Gasteiger partial charge in [-0.05, 0) is 55.7 Å². The Morgan fingerprint density at radius 3 is 2.42 bits per heavy atom. The highest BCUT2D eigenvalue weighted by Gasteiger charge is 2.17. The highest BCUT2D eigenvalue weighted by Crippen LogP contribution is 2.22. The molecule has 0 radical (unpaired) electrons. The Hall–Kier alpha value is -2.16. The quantitative estimate of drug-likeness (QED) is 0.790. The minimum absolute atomic E-state index is 0.0504. The van der Waals surface area contributed by atoms with Gasteiger partial charge in [-0.3, -0.25) is 4.79 Å². The first-order valence-electron chi connectivity index (χ1n) is 6.16. The highest BCUT2D eigenvalue weighted by atomic mass is 16.5. The molecular weight excluding hydrogens is 238 g/mol. The molecule has 1 heterocycles. The normalized spacial score (nSPS) is 10.3. The number of hydrogen-bond acceptors (Lipinski definition) is 3. The van der Waals surface area contributed by atoms with Crippen molar-refractivity contribution in [2.45, 2.75) is 20.8 Å². The van der Waals surface area contributed by atoms with Crippen LogP contribution in [0, 0.1) is 20.8 Å². The van der Waals surface area contributed by atoms with Gasteiger partial charge in [0.1, 0.15) is 0 Å². The minimum Gasteiger partial charge on any atom is -0.480 e. The molecule has 0 aliphatic carbocycles. The van der Waals surface area contributed by atoms with E-state index >= 15 is 0 Å². The Bertz CT molecular complexity index is 633. The summed E-state index contributed by atoms with van der Waals surface area (Å²) in [4.78, 5) is 16.7. The van der Waals surface area contributed by atoms with Crippen LogP contribution >= 0.6 is 0 Å². The van der Waals surface area contributed by atoms with Crippen LogP contribution < -0.4 is 4.74 Å². The fourth-order valence-electron chi connectivity index (χ4n) is 2.08. The third kappa shape index (κ3) is 2.50. The molecule has 0 fully saturated rings. The summed E-state index contributed by atoms with van der Waals surface area (Å²) < 4.78 is 5.15. The van der Waals surface area contributed by atoms with E-state index in [1.807, 2.05) is 32.9 Å². The summed E-state index contributed by atoms with van der Waals surface area (Å²) >= 11 is 0. The Kier molecular flexibility index (Phi) is 3.65. The zero-order valence-electron chi connectivity index (χ0n) is 11.7. The van der Waals surface area contributed by atoms with Crippen LogP contribution in [0.5, 0.6) is 5.88 Å².